The summed E-state index contributed by atoms with van der Waals surface area (Å²) in [5.41, 5.74) is 8.12. The monoisotopic (exact) mass is 162 g/mol. The van der Waals surface area contributed by atoms with Crippen LogP contribution in [-0.2, 0) is 0 Å². The third kappa shape index (κ3) is 1.51. The van der Waals surface area contributed by atoms with Crippen molar-refractivity contribution in [3.05, 3.63) is 40.0 Å². The summed E-state index contributed by atoms with van der Waals surface area (Å²) >= 11 is 0. The lowest BCUT2D eigenvalue weighted by molar-refractivity contribution is 0.629. The highest BCUT2D eigenvalue weighted by Gasteiger charge is 1.99. The minimum Gasteiger partial charge on any atom is -0.207 e. The van der Waals surface area contributed by atoms with Crippen LogP contribution in [0, 0.1) is 17.1 Å². The molecule has 0 aromatic heterocycles. The normalized spacial score (nSPS) is 8.33. The van der Waals surface area contributed by atoms with E-state index in [9.17, 15) is 4.39 Å². The Morgan fingerprint density at radius 2 is 2.33 bits per heavy atom. The summed E-state index contributed by atoms with van der Waals surface area (Å²) in [6.45, 7) is 0. The number of hydrogen-bond acceptors (Lipinski definition) is 2. The predicted molar refractivity (Wildman–Crippen MR) is 39.9 cm³/mol. The van der Waals surface area contributed by atoms with Gasteiger partial charge in [0.05, 0.1) is 17.3 Å². The molecule has 0 atom stereocenters. The molecular formula is C7H3FN4. The summed E-state index contributed by atoms with van der Waals surface area (Å²) in [7, 11) is 0. The Morgan fingerprint density at radius 3 is 2.92 bits per heavy atom. The molecule has 12 heavy (non-hydrogen) atoms. The molecule has 0 aliphatic heterocycles. The van der Waals surface area contributed by atoms with Crippen molar-refractivity contribution in [2.24, 2.45) is 5.11 Å². The Bertz CT molecular complexity index is 387. The topological polar surface area (TPSA) is 72.5 Å². The van der Waals surface area contributed by atoms with Crippen LogP contribution in [0.2, 0.25) is 0 Å². The lowest BCUT2D eigenvalue weighted by Gasteiger charge is -1.93. The van der Waals surface area contributed by atoms with E-state index >= 15 is 0 Å². The first-order valence-electron chi connectivity index (χ1n) is 3.02. The van der Waals surface area contributed by atoms with Crippen molar-refractivity contribution >= 4 is 5.69 Å². The zero-order valence-electron chi connectivity index (χ0n) is 5.90. The second kappa shape index (κ2) is 3.37. The third-order valence-electron chi connectivity index (χ3n) is 1.23. The van der Waals surface area contributed by atoms with Crippen LogP contribution >= 0.6 is 0 Å². The molecule has 0 aliphatic carbocycles. The standard InChI is InChI=1S/C7H3FN4/c8-6-2-1-5(4-9)3-7(6)11-12-10/h1-3H. The summed E-state index contributed by atoms with van der Waals surface area (Å²) in [5, 5.41) is 11.5. The SMILES string of the molecule is N#Cc1ccc(F)c(N=[N+]=[N-])c1. The molecule has 0 aliphatic rings. The number of nitriles is 1. The molecule has 0 unspecified atom stereocenters. The van der Waals surface area contributed by atoms with E-state index in [0.717, 1.165) is 6.07 Å². The van der Waals surface area contributed by atoms with Crippen LogP contribution in [0.25, 0.3) is 10.4 Å². The summed E-state index contributed by atoms with van der Waals surface area (Å²) in [6.07, 6.45) is 0. The fourth-order valence-corrected chi connectivity index (χ4v) is 0.707. The van der Waals surface area contributed by atoms with Gasteiger partial charge in [-0.1, -0.05) is 5.11 Å². The minimum atomic E-state index is -0.633. The lowest BCUT2D eigenvalue weighted by Crippen LogP contribution is -1.77. The molecule has 0 saturated heterocycles. The molecule has 0 fully saturated rings. The Hall–Kier alpha value is -2.05. The minimum absolute atomic E-state index is 0.156. The molecule has 0 amide bonds. The summed E-state index contributed by atoms with van der Waals surface area (Å²) in [6, 6.07) is 5.39. The van der Waals surface area contributed by atoms with Gasteiger partial charge >= 0.3 is 0 Å². The Morgan fingerprint density at radius 1 is 1.58 bits per heavy atom. The van der Waals surface area contributed by atoms with E-state index in [1.807, 2.05) is 0 Å². The Kier molecular flexibility index (Phi) is 2.26. The summed E-state index contributed by atoms with van der Waals surface area (Å²) < 4.78 is 12.7. The van der Waals surface area contributed by atoms with Crippen molar-refractivity contribution in [1.82, 2.24) is 0 Å². The second-order valence-electron chi connectivity index (χ2n) is 1.97. The molecular weight excluding hydrogens is 159 g/mol. The number of halogens is 1. The first kappa shape index (κ1) is 8.05. The Balaban J connectivity index is 3.28. The van der Waals surface area contributed by atoms with Crippen molar-refractivity contribution < 1.29 is 4.39 Å². The van der Waals surface area contributed by atoms with Gasteiger partial charge in [-0.05, 0) is 23.7 Å². The number of nitrogens with zero attached hydrogens (tertiary/aromatic N) is 4. The molecule has 4 nitrogen and oxygen atoms in total. The van der Waals surface area contributed by atoms with Gasteiger partial charge in [-0.2, -0.15) is 5.26 Å². The number of hydrogen-bond donors (Lipinski definition) is 0. The largest absolute Gasteiger partial charge is 0.207 e. The van der Waals surface area contributed by atoms with Gasteiger partial charge in [-0.3, -0.25) is 0 Å². The van der Waals surface area contributed by atoms with E-state index in [-0.39, 0.29) is 11.3 Å². The van der Waals surface area contributed by atoms with Gasteiger partial charge in [-0.25, -0.2) is 4.39 Å². The molecule has 1 aromatic carbocycles. The zero-order valence-corrected chi connectivity index (χ0v) is 5.90. The van der Waals surface area contributed by atoms with E-state index in [2.05, 4.69) is 10.0 Å². The van der Waals surface area contributed by atoms with E-state index < -0.39 is 5.82 Å². The van der Waals surface area contributed by atoms with Crippen molar-refractivity contribution in [1.29, 1.82) is 5.26 Å². The third-order valence-corrected chi connectivity index (χ3v) is 1.23. The van der Waals surface area contributed by atoms with Crippen molar-refractivity contribution in [3.63, 3.8) is 0 Å². The quantitative estimate of drug-likeness (QED) is 0.355. The molecule has 58 valence electrons. The predicted octanol–water partition coefficient (Wildman–Crippen LogP) is 2.64. The van der Waals surface area contributed by atoms with Crippen LogP contribution in [0.3, 0.4) is 0 Å². The van der Waals surface area contributed by atoms with E-state index in [1.54, 1.807) is 6.07 Å². The first-order chi connectivity index (χ1) is 5.77. The smallest absolute Gasteiger partial charge is 0.132 e. The van der Waals surface area contributed by atoms with Crippen LogP contribution in [0.5, 0.6) is 0 Å². The van der Waals surface area contributed by atoms with Crippen LogP contribution in [0.1, 0.15) is 5.56 Å². The molecule has 0 radical (unpaired) electrons. The molecule has 0 saturated carbocycles. The highest BCUT2D eigenvalue weighted by Crippen LogP contribution is 2.18. The average molecular weight is 162 g/mol. The highest BCUT2D eigenvalue weighted by atomic mass is 19.1. The number of rotatable bonds is 1. The maximum atomic E-state index is 12.7. The first-order valence-corrected chi connectivity index (χ1v) is 3.02. The van der Waals surface area contributed by atoms with Crippen molar-refractivity contribution in [2.75, 3.05) is 0 Å². The van der Waals surface area contributed by atoms with Gasteiger partial charge in [0.2, 0.25) is 0 Å². The second-order valence-corrected chi connectivity index (χ2v) is 1.97. The molecule has 0 heterocycles. The maximum Gasteiger partial charge on any atom is 0.132 e. The van der Waals surface area contributed by atoms with Gasteiger partial charge in [0.15, 0.2) is 0 Å². The fourth-order valence-electron chi connectivity index (χ4n) is 0.707. The highest BCUT2D eigenvalue weighted by molar-refractivity contribution is 5.45. The van der Waals surface area contributed by atoms with Crippen LogP contribution in [0.15, 0.2) is 23.3 Å². The van der Waals surface area contributed by atoms with Crippen LogP contribution < -0.4 is 0 Å². The maximum absolute atomic E-state index is 12.7. The molecule has 0 bridgehead atoms. The van der Waals surface area contributed by atoms with Crippen molar-refractivity contribution in [2.45, 2.75) is 0 Å². The van der Waals surface area contributed by atoms with E-state index in [1.165, 1.54) is 12.1 Å². The summed E-state index contributed by atoms with van der Waals surface area (Å²) in [5.74, 6) is -0.633. The van der Waals surface area contributed by atoms with Gasteiger partial charge in [-0.15, -0.1) is 0 Å². The number of benzene rings is 1. The molecule has 0 spiro atoms. The van der Waals surface area contributed by atoms with Crippen molar-refractivity contribution in [3.8, 4) is 6.07 Å². The average Bonchev–Trinajstić information content (AvgIpc) is 2.09. The van der Waals surface area contributed by atoms with Gasteiger partial charge < -0.3 is 0 Å². The van der Waals surface area contributed by atoms with Crippen LogP contribution in [-0.4, -0.2) is 0 Å². The molecule has 0 N–H and O–H groups in total. The van der Waals surface area contributed by atoms with Gasteiger partial charge in [0, 0.05) is 4.91 Å². The molecule has 1 rings (SSSR count). The van der Waals surface area contributed by atoms with E-state index in [4.69, 9.17) is 10.8 Å². The Labute approximate surface area is 67.5 Å². The lowest BCUT2D eigenvalue weighted by atomic mass is 10.2. The van der Waals surface area contributed by atoms with Gasteiger partial charge in [0.25, 0.3) is 0 Å². The van der Waals surface area contributed by atoms with E-state index in [0.29, 0.717) is 0 Å². The number of azide groups is 1. The summed E-state index contributed by atoms with van der Waals surface area (Å²) in [4.78, 5) is 2.42. The van der Waals surface area contributed by atoms with Crippen LogP contribution in [0.4, 0.5) is 10.1 Å². The zero-order chi connectivity index (χ0) is 8.97. The molecule has 5 heteroatoms. The molecule has 1 aromatic rings. The fraction of sp³-hybridized carbons (Fsp3) is 0. The van der Waals surface area contributed by atoms with Gasteiger partial charge in [0.1, 0.15) is 5.82 Å².